The van der Waals surface area contributed by atoms with Gasteiger partial charge in [-0.25, -0.2) is 0 Å². The maximum Gasteiger partial charge on any atom is 0.309 e. The van der Waals surface area contributed by atoms with E-state index in [-0.39, 0.29) is 11.6 Å². The lowest BCUT2D eigenvalue weighted by atomic mass is 9.89. The summed E-state index contributed by atoms with van der Waals surface area (Å²) in [6.07, 6.45) is 1.20. The molecule has 0 saturated heterocycles. The fourth-order valence-electron chi connectivity index (χ4n) is 2.47. The fraction of sp³-hybridized carbons (Fsp3) is 0.923. The SMILES string of the molecule is CCN(/[N+]([O-])=N/OC1CCC(C)(C(=O)O)C1)C(C)(C)C. The van der Waals surface area contributed by atoms with Crippen LogP contribution in [0.25, 0.3) is 0 Å². The molecule has 1 rings (SSSR count). The van der Waals surface area contributed by atoms with Crippen LogP contribution >= 0.6 is 0 Å². The molecular formula is C13H25N3O4. The van der Waals surface area contributed by atoms with Gasteiger partial charge in [-0.2, -0.15) is 0 Å². The third-order valence-electron chi connectivity index (χ3n) is 3.76. The van der Waals surface area contributed by atoms with Crippen molar-refractivity contribution < 1.29 is 19.7 Å². The van der Waals surface area contributed by atoms with Crippen molar-refractivity contribution >= 4 is 5.97 Å². The minimum Gasteiger partial charge on any atom is -0.569 e. The van der Waals surface area contributed by atoms with Crippen molar-refractivity contribution in [2.45, 2.75) is 65.5 Å². The molecule has 7 nitrogen and oxygen atoms in total. The van der Waals surface area contributed by atoms with Crippen LogP contribution in [0.2, 0.25) is 0 Å². The zero-order chi connectivity index (χ0) is 15.6. The molecule has 1 fully saturated rings. The van der Waals surface area contributed by atoms with E-state index >= 15 is 0 Å². The lowest BCUT2D eigenvalue weighted by molar-refractivity contribution is -0.725. The summed E-state index contributed by atoms with van der Waals surface area (Å²) in [5, 5.41) is 26.1. The van der Waals surface area contributed by atoms with Gasteiger partial charge >= 0.3 is 5.97 Å². The van der Waals surface area contributed by atoms with Gasteiger partial charge in [0.1, 0.15) is 6.10 Å². The summed E-state index contributed by atoms with van der Waals surface area (Å²) < 4.78 is 0. The molecule has 0 bridgehead atoms. The number of hydrogen-bond acceptors (Lipinski definition) is 4. The predicted octanol–water partition coefficient (Wildman–Crippen LogP) is 2.56. The predicted molar refractivity (Wildman–Crippen MR) is 72.7 cm³/mol. The van der Waals surface area contributed by atoms with Gasteiger partial charge in [0.25, 0.3) is 0 Å². The van der Waals surface area contributed by atoms with Crippen molar-refractivity contribution in [2.75, 3.05) is 6.54 Å². The van der Waals surface area contributed by atoms with Gasteiger partial charge in [0, 0.05) is 6.42 Å². The van der Waals surface area contributed by atoms with E-state index in [4.69, 9.17) is 9.94 Å². The maximum atomic E-state index is 11.9. The molecule has 0 amide bonds. The Labute approximate surface area is 119 Å². The van der Waals surface area contributed by atoms with Crippen LogP contribution in [0.4, 0.5) is 0 Å². The van der Waals surface area contributed by atoms with Gasteiger partial charge in [-0.15, -0.1) is 5.01 Å². The van der Waals surface area contributed by atoms with E-state index in [1.54, 1.807) is 6.92 Å². The number of aliphatic carboxylic acids is 1. The highest BCUT2D eigenvalue weighted by Gasteiger charge is 2.43. The Morgan fingerprint density at radius 2 is 2.20 bits per heavy atom. The second-order valence-corrected chi connectivity index (χ2v) is 6.56. The Balaban J connectivity index is 2.63. The molecule has 0 radical (unpaired) electrons. The van der Waals surface area contributed by atoms with E-state index in [0.29, 0.717) is 30.8 Å². The van der Waals surface area contributed by atoms with E-state index in [9.17, 15) is 10.0 Å². The molecule has 20 heavy (non-hydrogen) atoms. The number of hydrazine groups is 1. The van der Waals surface area contributed by atoms with Gasteiger partial charge in [-0.3, -0.25) is 4.79 Å². The second-order valence-electron chi connectivity index (χ2n) is 6.56. The highest BCUT2D eigenvalue weighted by molar-refractivity contribution is 5.74. The smallest absolute Gasteiger partial charge is 0.309 e. The molecule has 0 heterocycles. The highest BCUT2D eigenvalue weighted by Crippen LogP contribution is 2.39. The lowest BCUT2D eigenvalue weighted by Gasteiger charge is -2.29. The van der Waals surface area contributed by atoms with Gasteiger partial charge in [0.15, 0.2) is 0 Å². The summed E-state index contributed by atoms with van der Waals surface area (Å²) in [5.74, 6) is -0.826. The van der Waals surface area contributed by atoms with Gasteiger partial charge < -0.3 is 15.2 Å². The summed E-state index contributed by atoms with van der Waals surface area (Å²) >= 11 is 0. The minimum absolute atomic E-state index is 0.314. The largest absolute Gasteiger partial charge is 0.569 e. The minimum atomic E-state index is -0.826. The topological polar surface area (TPSA) is 88.2 Å². The molecule has 1 aliphatic rings. The summed E-state index contributed by atoms with van der Waals surface area (Å²) in [5.41, 5.74) is -1.13. The summed E-state index contributed by atoms with van der Waals surface area (Å²) in [6.45, 7) is 9.80. The molecule has 1 N–H and O–H groups in total. The molecule has 2 atom stereocenters. The standard InChI is InChI=1S/C13H25N3O4/c1-6-15(12(2,3)4)16(19)14-20-10-7-8-13(5,9-10)11(17)18/h10H,6-9H2,1-5H3,(H,17,18)/b16-14-. The normalized spacial score (nSPS) is 27.4. The quantitative estimate of drug-likeness (QED) is 0.477. The van der Waals surface area contributed by atoms with E-state index < -0.39 is 11.4 Å². The molecule has 0 aromatic heterocycles. The Hall–Kier alpha value is -1.53. The first-order valence-corrected chi connectivity index (χ1v) is 6.95. The average Bonchev–Trinajstić information content (AvgIpc) is 2.69. The number of nitrogens with zero attached hydrogens (tertiary/aromatic N) is 3. The van der Waals surface area contributed by atoms with E-state index in [0.717, 1.165) is 0 Å². The number of carboxylic acids is 1. The Bertz CT molecular complexity index is 392. The molecule has 1 aliphatic carbocycles. The number of carboxylic acid groups (broad SMARTS) is 1. The van der Waals surface area contributed by atoms with Crippen LogP contribution in [0.3, 0.4) is 0 Å². The third kappa shape index (κ3) is 3.74. The van der Waals surface area contributed by atoms with Crippen molar-refractivity contribution in [2.24, 2.45) is 10.7 Å². The second kappa shape index (κ2) is 5.85. The molecule has 2 unspecified atom stereocenters. The van der Waals surface area contributed by atoms with E-state index in [1.165, 1.54) is 5.01 Å². The summed E-state index contributed by atoms with van der Waals surface area (Å²) in [4.78, 5) is 16.8. The monoisotopic (exact) mass is 287 g/mol. The first kappa shape index (κ1) is 16.5. The van der Waals surface area contributed by atoms with Crippen LogP contribution in [-0.4, -0.2) is 39.2 Å². The van der Waals surface area contributed by atoms with Crippen LogP contribution in [0.1, 0.15) is 53.9 Å². The van der Waals surface area contributed by atoms with Crippen molar-refractivity contribution in [3.8, 4) is 0 Å². The van der Waals surface area contributed by atoms with Crippen LogP contribution in [-0.2, 0) is 9.63 Å². The zero-order valence-electron chi connectivity index (χ0n) is 12.9. The maximum absolute atomic E-state index is 11.9. The van der Waals surface area contributed by atoms with Crippen LogP contribution in [0, 0.1) is 10.6 Å². The molecule has 0 aliphatic heterocycles. The third-order valence-corrected chi connectivity index (χ3v) is 3.76. The van der Waals surface area contributed by atoms with Crippen molar-refractivity contribution in [3.63, 3.8) is 0 Å². The van der Waals surface area contributed by atoms with Crippen molar-refractivity contribution in [1.82, 2.24) is 5.01 Å². The molecular weight excluding hydrogens is 262 g/mol. The van der Waals surface area contributed by atoms with E-state index in [1.807, 2.05) is 27.7 Å². The number of carbonyl (C=O) groups is 1. The molecule has 0 aromatic rings. The number of hydrogen-bond donors (Lipinski definition) is 1. The van der Waals surface area contributed by atoms with Crippen LogP contribution in [0.15, 0.2) is 5.28 Å². The Kier molecular flexibility index (Phi) is 4.83. The summed E-state index contributed by atoms with van der Waals surface area (Å²) in [7, 11) is 0. The van der Waals surface area contributed by atoms with Gasteiger partial charge in [-0.1, -0.05) is 0 Å². The zero-order valence-corrected chi connectivity index (χ0v) is 12.9. The van der Waals surface area contributed by atoms with Crippen molar-refractivity contribution in [3.05, 3.63) is 5.21 Å². The van der Waals surface area contributed by atoms with Gasteiger partial charge in [-0.05, 0) is 47.5 Å². The first-order valence-electron chi connectivity index (χ1n) is 6.95. The summed E-state index contributed by atoms with van der Waals surface area (Å²) in [6, 6.07) is 0. The van der Waals surface area contributed by atoms with Gasteiger partial charge in [0.05, 0.1) is 22.5 Å². The van der Waals surface area contributed by atoms with Crippen LogP contribution < -0.4 is 0 Å². The Morgan fingerprint density at radius 1 is 1.60 bits per heavy atom. The Morgan fingerprint density at radius 3 is 2.60 bits per heavy atom. The fourth-order valence-corrected chi connectivity index (χ4v) is 2.47. The first-order chi connectivity index (χ1) is 9.10. The van der Waals surface area contributed by atoms with Crippen LogP contribution in [0.5, 0.6) is 0 Å². The number of rotatable bonds is 5. The molecule has 0 spiro atoms. The average molecular weight is 287 g/mol. The molecule has 7 heteroatoms. The highest BCUT2D eigenvalue weighted by atomic mass is 16.7. The van der Waals surface area contributed by atoms with E-state index in [2.05, 4.69) is 5.28 Å². The molecule has 0 aromatic carbocycles. The lowest BCUT2D eigenvalue weighted by Crippen LogP contribution is -2.45. The van der Waals surface area contributed by atoms with Crippen molar-refractivity contribution in [1.29, 1.82) is 0 Å². The van der Waals surface area contributed by atoms with Gasteiger partial charge in [0.2, 0.25) is 5.28 Å². The molecule has 1 saturated carbocycles. The molecule has 116 valence electrons.